The summed E-state index contributed by atoms with van der Waals surface area (Å²) in [5.41, 5.74) is 0. The van der Waals surface area contributed by atoms with Crippen molar-refractivity contribution >= 4 is 0 Å². The van der Waals surface area contributed by atoms with Gasteiger partial charge in [-0.15, -0.1) is 0 Å². The largest absolute Gasteiger partial charge is 0.411 e. The van der Waals surface area contributed by atoms with Gasteiger partial charge in [-0.3, -0.25) is 4.90 Å². The molecule has 0 atom stereocenters. The van der Waals surface area contributed by atoms with Gasteiger partial charge in [0.05, 0.1) is 0 Å². The van der Waals surface area contributed by atoms with Crippen molar-refractivity contribution in [3.8, 4) is 0 Å². The Labute approximate surface area is 112 Å². The first-order valence-electron chi connectivity index (χ1n) is 6.73. The van der Waals surface area contributed by atoms with Gasteiger partial charge in [0.25, 0.3) is 0 Å². The van der Waals surface area contributed by atoms with Crippen LogP contribution < -0.4 is 5.32 Å². The smallest absolute Gasteiger partial charge is 0.372 e. The first-order valence-corrected chi connectivity index (χ1v) is 6.73. The number of halogens is 3. The molecule has 0 aromatic rings. The van der Waals surface area contributed by atoms with E-state index in [9.17, 15) is 13.2 Å². The van der Waals surface area contributed by atoms with Crippen molar-refractivity contribution < 1.29 is 17.9 Å². The molecule has 0 aliphatic carbocycles. The number of nitrogens with zero attached hydrogens (tertiary/aromatic N) is 2. The van der Waals surface area contributed by atoms with Crippen LogP contribution in [0.1, 0.15) is 6.42 Å². The zero-order chi connectivity index (χ0) is 14.1. The zero-order valence-corrected chi connectivity index (χ0v) is 11.5. The van der Waals surface area contributed by atoms with E-state index >= 15 is 0 Å². The number of piperazine rings is 1. The van der Waals surface area contributed by atoms with E-state index in [-0.39, 0.29) is 6.61 Å². The molecule has 4 nitrogen and oxygen atoms in total. The first-order chi connectivity index (χ1) is 8.97. The molecule has 0 aromatic carbocycles. The van der Waals surface area contributed by atoms with E-state index in [1.165, 1.54) is 0 Å². The van der Waals surface area contributed by atoms with Crippen LogP contribution in [0.4, 0.5) is 13.2 Å². The highest BCUT2D eigenvalue weighted by Crippen LogP contribution is 2.14. The highest BCUT2D eigenvalue weighted by atomic mass is 19.4. The lowest BCUT2D eigenvalue weighted by atomic mass is 10.3. The van der Waals surface area contributed by atoms with Crippen molar-refractivity contribution in [3.05, 3.63) is 0 Å². The summed E-state index contributed by atoms with van der Waals surface area (Å²) in [6.07, 6.45) is -3.58. The summed E-state index contributed by atoms with van der Waals surface area (Å²) in [4.78, 5) is 4.53. The van der Waals surface area contributed by atoms with Gasteiger partial charge in [-0.2, -0.15) is 13.2 Å². The van der Waals surface area contributed by atoms with E-state index in [1.807, 2.05) is 7.05 Å². The maximum Gasteiger partial charge on any atom is 0.411 e. The third-order valence-electron chi connectivity index (χ3n) is 3.10. The second-order valence-electron chi connectivity index (χ2n) is 4.92. The van der Waals surface area contributed by atoms with E-state index < -0.39 is 12.8 Å². The van der Waals surface area contributed by atoms with Gasteiger partial charge in [-0.1, -0.05) is 0 Å². The third kappa shape index (κ3) is 9.21. The molecule has 1 fully saturated rings. The Morgan fingerprint density at radius 1 is 1.21 bits per heavy atom. The molecule has 0 unspecified atom stereocenters. The molecule has 1 rings (SSSR count). The fourth-order valence-corrected chi connectivity index (χ4v) is 1.98. The van der Waals surface area contributed by atoms with Gasteiger partial charge in [-0.25, -0.2) is 0 Å². The zero-order valence-electron chi connectivity index (χ0n) is 11.5. The minimum absolute atomic E-state index is 0.164. The number of hydrogen-bond acceptors (Lipinski definition) is 4. The molecular formula is C12H24F3N3O. The van der Waals surface area contributed by atoms with Crippen molar-refractivity contribution in [2.45, 2.75) is 12.6 Å². The van der Waals surface area contributed by atoms with Crippen LogP contribution in [0.25, 0.3) is 0 Å². The van der Waals surface area contributed by atoms with Crippen LogP contribution in [-0.2, 0) is 4.74 Å². The molecular weight excluding hydrogens is 259 g/mol. The summed E-state index contributed by atoms with van der Waals surface area (Å²) < 4.78 is 40.0. The quantitative estimate of drug-likeness (QED) is 0.667. The fraction of sp³-hybridized carbons (Fsp3) is 1.00. The van der Waals surface area contributed by atoms with Crippen LogP contribution in [0.5, 0.6) is 0 Å². The molecule has 0 radical (unpaired) electrons. The van der Waals surface area contributed by atoms with Crippen LogP contribution in [0.15, 0.2) is 0 Å². The summed E-state index contributed by atoms with van der Waals surface area (Å²) in [6.45, 7) is 5.97. The van der Waals surface area contributed by atoms with Crippen molar-refractivity contribution in [2.75, 3.05) is 66.1 Å². The SMILES string of the molecule is CN(CCCOCC(F)(F)F)CCN1CCNCC1. The normalized spacial score (nSPS) is 18.2. The van der Waals surface area contributed by atoms with E-state index in [4.69, 9.17) is 0 Å². The molecule has 0 bridgehead atoms. The van der Waals surface area contributed by atoms with Gasteiger partial charge >= 0.3 is 6.18 Å². The van der Waals surface area contributed by atoms with Gasteiger partial charge in [0.1, 0.15) is 6.61 Å². The second kappa shape index (κ2) is 8.73. The number of alkyl halides is 3. The molecule has 19 heavy (non-hydrogen) atoms. The number of rotatable bonds is 8. The number of nitrogens with one attached hydrogen (secondary N) is 1. The Hall–Kier alpha value is -0.370. The summed E-state index contributed by atoms with van der Waals surface area (Å²) in [6, 6.07) is 0. The second-order valence-corrected chi connectivity index (χ2v) is 4.92. The van der Waals surface area contributed by atoms with Gasteiger partial charge in [0.15, 0.2) is 0 Å². The van der Waals surface area contributed by atoms with Crippen molar-refractivity contribution in [1.29, 1.82) is 0 Å². The van der Waals surface area contributed by atoms with E-state index in [0.29, 0.717) is 6.42 Å². The molecule has 0 aromatic heterocycles. The lowest BCUT2D eigenvalue weighted by molar-refractivity contribution is -0.174. The molecule has 0 spiro atoms. The van der Waals surface area contributed by atoms with E-state index in [0.717, 1.165) is 45.8 Å². The molecule has 7 heteroatoms. The number of ether oxygens (including phenoxy) is 1. The molecule has 1 aliphatic heterocycles. The van der Waals surface area contributed by atoms with Gasteiger partial charge in [0, 0.05) is 52.4 Å². The minimum Gasteiger partial charge on any atom is -0.372 e. The van der Waals surface area contributed by atoms with Crippen LogP contribution in [0.2, 0.25) is 0 Å². The minimum atomic E-state index is -4.21. The average Bonchev–Trinajstić information content (AvgIpc) is 2.36. The summed E-state index contributed by atoms with van der Waals surface area (Å²) in [5.74, 6) is 0. The monoisotopic (exact) mass is 283 g/mol. The maximum atomic E-state index is 11.8. The lowest BCUT2D eigenvalue weighted by Crippen LogP contribution is -2.46. The fourth-order valence-electron chi connectivity index (χ4n) is 1.98. The molecule has 0 amide bonds. The number of hydrogen-bond donors (Lipinski definition) is 1. The predicted molar refractivity (Wildman–Crippen MR) is 68.3 cm³/mol. The summed E-state index contributed by atoms with van der Waals surface area (Å²) in [7, 11) is 1.99. The van der Waals surface area contributed by atoms with Gasteiger partial charge in [0.2, 0.25) is 0 Å². The molecule has 1 saturated heterocycles. The average molecular weight is 283 g/mol. The first kappa shape index (κ1) is 16.7. The summed E-state index contributed by atoms with van der Waals surface area (Å²) in [5, 5.41) is 3.30. The number of likely N-dealkylation sites (N-methyl/N-ethyl adjacent to an activating group) is 1. The van der Waals surface area contributed by atoms with Crippen LogP contribution in [0.3, 0.4) is 0 Å². The van der Waals surface area contributed by atoms with Crippen LogP contribution >= 0.6 is 0 Å². The third-order valence-corrected chi connectivity index (χ3v) is 3.10. The molecule has 114 valence electrons. The standard InChI is InChI=1S/C12H24F3N3O/c1-17(5-2-10-19-11-12(13,14)15)8-9-18-6-3-16-4-7-18/h16H,2-11H2,1H3. The van der Waals surface area contributed by atoms with Gasteiger partial charge < -0.3 is 15.0 Å². The van der Waals surface area contributed by atoms with Crippen molar-refractivity contribution in [3.63, 3.8) is 0 Å². The van der Waals surface area contributed by atoms with Gasteiger partial charge in [-0.05, 0) is 13.5 Å². The maximum absolute atomic E-state index is 11.8. The molecule has 1 aliphatic rings. The highest BCUT2D eigenvalue weighted by Gasteiger charge is 2.27. The highest BCUT2D eigenvalue weighted by molar-refractivity contribution is 4.68. The van der Waals surface area contributed by atoms with Crippen LogP contribution in [-0.4, -0.2) is 82.1 Å². The molecule has 1 N–H and O–H groups in total. The lowest BCUT2D eigenvalue weighted by Gasteiger charge is -2.29. The Morgan fingerprint density at radius 3 is 2.53 bits per heavy atom. The Morgan fingerprint density at radius 2 is 1.89 bits per heavy atom. The van der Waals surface area contributed by atoms with Crippen molar-refractivity contribution in [1.82, 2.24) is 15.1 Å². The summed E-state index contributed by atoms with van der Waals surface area (Å²) >= 11 is 0. The predicted octanol–water partition coefficient (Wildman–Crippen LogP) is 0.792. The Bertz CT molecular complexity index is 233. The Balaban J connectivity index is 1.94. The topological polar surface area (TPSA) is 27.7 Å². The van der Waals surface area contributed by atoms with E-state index in [1.54, 1.807) is 0 Å². The molecule has 1 heterocycles. The molecule has 0 saturated carbocycles. The van der Waals surface area contributed by atoms with Crippen LogP contribution in [0, 0.1) is 0 Å². The van der Waals surface area contributed by atoms with Crippen molar-refractivity contribution in [2.24, 2.45) is 0 Å². The Kier molecular flexibility index (Phi) is 7.67. The van der Waals surface area contributed by atoms with E-state index in [2.05, 4.69) is 19.9 Å².